The molecule has 0 bridgehead atoms. The molecule has 5 rings (SSSR count). The maximum Gasteiger partial charge on any atom is 0.451 e. The van der Waals surface area contributed by atoms with Crippen LogP contribution in [0.25, 0.3) is 0 Å². The molecule has 13 heteroatoms. The van der Waals surface area contributed by atoms with Crippen LogP contribution in [-0.4, -0.2) is 50.5 Å². The second kappa shape index (κ2) is 9.45. The Hall–Kier alpha value is -4.03. The number of aryl methyl sites for hydroxylation is 1. The summed E-state index contributed by atoms with van der Waals surface area (Å²) in [6, 6.07) is 3.36. The molecule has 2 aliphatic rings. The summed E-state index contributed by atoms with van der Waals surface area (Å²) in [5.41, 5.74) is 2.44. The molecule has 0 spiro atoms. The van der Waals surface area contributed by atoms with Crippen molar-refractivity contribution in [2.75, 3.05) is 28.7 Å². The summed E-state index contributed by atoms with van der Waals surface area (Å²) in [6.45, 7) is 3.20. The molecular formula is C24H25F3N8O2. The lowest BCUT2D eigenvalue weighted by Gasteiger charge is -2.33. The first kappa shape index (κ1) is 24.7. The highest BCUT2D eigenvalue weighted by Gasteiger charge is 2.44. The summed E-state index contributed by atoms with van der Waals surface area (Å²) in [5.74, 6) is 0.185. The van der Waals surface area contributed by atoms with Crippen LogP contribution in [0, 0.1) is 0 Å². The molecule has 0 radical (unpaired) electrons. The van der Waals surface area contributed by atoms with E-state index in [0.717, 1.165) is 67.2 Å². The van der Waals surface area contributed by atoms with Crippen LogP contribution in [0.2, 0.25) is 0 Å². The Morgan fingerprint density at radius 2 is 1.92 bits per heavy atom. The SMILES string of the molecule is CN(c1nc(NCc2ccc(Oc3cnc(C(F)(F)F)nc3)nc2)nc2c1N(C=O)CCC2)C1(C)CC1. The van der Waals surface area contributed by atoms with Crippen LogP contribution in [0.5, 0.6) is 11.6 Å². The van der Waals surface area contributed by atoms with Crippen LogP contribution in [0.15, 0.2) is 30.7 Å². The molecule has 4 heterocycles. The molecule has 37 heavy (non-hydrogen) atoms. The fraction of sp³-hybridized carbons (Fsp3) is 0.417. The van der Waals surface area contributed by atoms with Gasteiger partial charge in [0.1, 0.15) is 5.69 Å². The van der Waals surface area contributed by atoms with Gasteiger partial charge in [0.2, 0.25) is 24.1 Å². The minimum Gasteiger partial charge on any atom is -0.436 e. The van der Waals surface area contributed by atoms with E-state index >= 15 is 0 Å². The zero-order chi connectivity index (χ0) is 26.2. The molecule has 1 N–H and O–H groups in total. The number of alkyl halides is 3. The molecule has 3 aromatic rings. The van der Waals surface area contributed by atoms with Gasteiger partial charge in [-0.1, -0.05) is 6.07 Å². The van der Waals surface area contributed by atoms with Crippen molar-refractivity contribution in [3.05, 3.63) is 47.8 Å². The maximum atomic E-state index is 12.6. The number of aromatic nitrogens is 5. The van der Waals surface area contributed by atoms with Crippen LogP contribution in [-0.2, 0) is 23.9 Å². The van der Waals surface area contributed by atoms with Gasteiger partial charge in [-0.25, -0.2) is 19.9 Å². The minimum atomic E-state index is -4.62. The van der Waals surface area contributed by atoms with Gasteiger partial charge in [-0.2, -0.15) is 18.2 Å². The fourth-order valence-electron chi connectivity index (χ4n) is 4.07. The summed E-state index contributed by atoms with van der Waals surface area (Å²) in [4.78, 5) is 35.7. The number of halogens is 3. The first-order chi connectivity index (χ1) is 17.7. The van der Waals surface area contributed by atoms with Crippen molar-refractivity contribution in [2.45, 2.75) is 50.9 Å². The van der Waals surface area contributed by atoms with Crippen molar-refractivity contribution in [2.24, 2.45) is 0 Å². The van der Waals surface area contributed by atoms with E-state index in [2.05, 4.69) is 37.1 Å². The van der Waals surface area contributed by atoms with E-state index < -0.39 is 12.0 Å². The lowest BCUT2D eigenvalue weighted by atomic mass is 10.1. The smallest absolute Gasteiger partial charge is 0.436 e. The molecule has 1 aliphatic heterocycles. The maximum absolute atomic E-state index is 12.6. The van der Waals surface area contributed by atoms with Crippen molar-refractivity contribution in [1.29, 1.82) is 0 Å². The number of anilines is 3. The summed E-state index contributed by atoms with van der Waals surface area (Å²) in [7, 11) is 2.00. The summed E-state index contributed by atoms with van der Waals surface area (Å²) < 4.78 is 43.3. The number of nitrogens with zero attached hydrogens (tertiary/aromatic N) is 7. The van der Waals surface area contributed by atoms with E-state index in [1.807, 2.05) is 7.05 Å². The van der Waals surface area contributed by atoms with E-state index in [1.165, 1.54) is 0 Å². The molecule has 0 saturated heterocycles. The third-order valence-electron chi connectivity index (χ3n) is 6.62. The minimum absolute atomic E-state index is 0.0171. The van der Waals surface area contributed by atoms with E-state index in [-0.39, 0.29) is 17.2 Å². The molecule has 0 aromatic carbocycles. The lowest BCUT2D eigenvalue weighted by Crippen LogP contribution is -2.36. The van der Waals surface area contributed by atoms with E-state index in [4.69, 9.17) is 9.72 Å². The van der Waals surface area contributed by atoms with Crippen molar-refractivity contribution in [3.63, 3.8) is 0 Å². The Morgan fingerprint density at radius 3 is 2.54 bits per heavy atom. The van der Waals surface area contributed by atoms with Crippen molar-refractivity contribution < 1.29 is 22.7 Å². The quantitative estimate of drug-likeness (QED) is 0.447. The second-order valence-corrected chi connectivity index (χ2v) is 9.32. The van der Waals surface area contributed by atoms with Gasteiger partial charge >= 0.3 is 6.18 Å². The Kier molecular flexibility index (Phi) is 6.30. The van der Waals surface area contributed by atoms with Gasteiger partial charge in [-0.05, 0) is 38.2 Å². The number of fused-ring (bicyclic) bond motifs is 1. The average Bonchev–Trinajstić information content (AvgIpc) is 3.65. The molecule has 10 nitrogen and oxygen atoms in total. The topological polar surface area (TPSA) is 109 Å². The molecule has 1 fully saturated rings. The van der Waals surface area contributed by atoms with Crippen molar-refractivity contribution in [1.82, 2.24) is 24.9 Å². The molecule has 0 atom stereocenters. The highest BCUT2D eigenvalue weighted by Crippen LogP contribution is 2.46. The number of pyridine rings is 1. The number of rotatable bonds is 8. The van der Waals surface area contributed by atoms with E-state index in [9.17, 15) is 18.0 Å². The lowest BCUT2D eigenvalue weighted by molar-refractivity contribution is -0.145. The Morgan fingerprint density at radius 1 is 1.16 bits per heavy atom. The molecule has 1 aliphatic carbocycles. The molecule has 0 unspecified atom stereocenters. The highest BCUT2D eigenvalue weighted by molar-refractivity contribution is 5.85. The van der Waals surface area contributed by atoms with E-state index in [1.54, 1.807) is 23.2 Å². The molecule has 1 saturated carbocycles. The third-order valence-corrected chi connectivity index (χ3v) is 6.62. The fourth-order valence-corrected chi connectivity index (χ4v) is 4.07. The van der Waals surface area contributed by atoms with Gasteiger partial charge in [0.25, 0.3) is 0 Å². The number of carbonyl (C=O) groups excluding carboxylic acids is 1. The molecule has 1 amide bonds. The third kappa shape index (κ3) is 5.25. The molecule has 194 valence electrons. The van der Waals surface area contributed by atoms with Crippen LogP contribution in [0.4, 0.5) is 30.6 Å². The number of amides is 1. The van der Waals surface area contributed by atoms with Gasteiger partial charge in [-0.3, -0.25) is 4.79 Å². The van der Waals surface area contributed by atoms with Crippen LogP contribution in [0.3, 0.4) is 0 Å². The molecular weight excluding hydrogens is 489 g/mol. The van der Waals surface area contributed by atoms with Gasteiger partial charge in [0.05, 0.1) is 18.1 Å². The Balaban J connectivity index is 1.28. The van der Waals surface area contributed by atoms with Crippen LogP contribution >= 0.6 is 0 Å². The monoisotopic (exact) mass is 514 g/mol. The summed E-state index contributed by atoms with van der Waals surface area (Å²) in [6.07, 6.45) is 3.41. The zero-order valence-corrected chi connectivity index (χ0v) is 20.3. The normalized spacial score (nSPS) is 16.1. The van der Waals surface area contributed by atoms with Gasteiger partial charge in [0.15, 0.2) is 11.6 Å². The molecule has 3 aromatic heterocycles. The largest absolute Gasteiger partial charge is 0.451 e. The number of ether oxygens (including phenoxy) is 1. The van der Waals surface area contributed by atoms with E-state index in [0.29, 0.717) is 19.0 Å². The summed E-state index contributed by atoms with van der Waals surface area (Å²) in [5, 5.41) is 3.24. The first-order valence-corrected chi connectivity index (χ1v) is 11.8. The second-order valence-electron chi connectivity index (χ2n) is 9.32. The number of hydrogen-bond acceptors (Lipinski definition) is 9. The standard InChI is InChI=1S/C24H25F3N8O2/c1-23(7-8-23)34(2)20-19-17(4-3-9-35(19)14-36)32-22(33-20)31-11-15-5-6-18(28-10-15)37-16-12-29-21(30-13-16)24(25,26)27/h5-6,10,12-14H,3-4,7-9,11H2,1-2H3,(H,31,32,33). The Labute approximate surface area is 210 Å². The van der Waals surface area contributed by atoms with Crippen LogP contribution < -0.4 is 19.9 Å². The number of hydrogen-bond donors (Lipinski definition) is 1. The Bertz CT molecular complexity index is 1280. The van der Waals surface area contributed by atoms with Gasteiger partial charge in [0, 0.05) is 37.9 Å². The van der Waals surface area contributed by atoms with Gasteiger partial charge < -0.3 is 19.9 Å². The van der Waals surface area contributed by atoms with Crippen LogP contribution in [0.1, 0.15) is 43.3 Å². The summed E-state index contributed by atoms with van der Waals surface area (Å²) >= 11 is 0. The van der Waals surface area contributed by atoms with Crippen molar-refractivity contribution in [3.8, 4) is 11.6 Å². The van der Waals surface area contributed by atoms with Crippen molar-refractivity contribution >= 4 is 23.9 Å². The average molecular weight is 515 g/mol. The number of carbonyl (C=O) groups is 1. The highest BCUT2D eigenvalue weighted by atomic mass is 19.4. The first-order valence-electron chi connectivity index (χ1n) is 11.8. The number of nitrogens with one attached hydrogen (secondary N) is 1. The predicted molar refractivity (Wildman–Crippen MR) is 128 cm³/mol. The zero-order valence-electron chi connectivity index (χ0n) is 20.3. The predicted octanol–water partition coefficient (Wildman–Crippen LogP) is 3.98. The van der Waals surface area contributed by atoms with Gasteiger partial charge in [-0.15, -0.1) is 0 Å².